The fraction of sp³-hybridized carbons (Fsp3) is 0.625. The molecule has 0 aromatic heterocycles. The minimum Gasteiger partial charge on any atom is -0.312 e. The monoisotopic (exact) mass is 294 g/mol. The van der Waals surface area contributed by atoms with E-state index in [9.17, 15) is 14.5 Å². The number of hydrogen-bond donors (Lipinski definition) is 1. The van der Waals surface area contributed by atoms with Crippen LogP contribution in [0.3, 0.4) is 0 Å². The molecule has 0 bridgehead atoms. The fourth-order valence-electron chi connectivity index (χ4n) is 3.22. The molecule has 2 rings (SSSR count). The Kier molecular flexibility index (Phi) is 5.67. The molecule has 1 aromatic rings. The highest BCUT2D eigenvalue weighted by Crippen LogP contribution is 2.30. The molecule has 1 aliphatic rings. The third-order valence-corrected chi connectivity index (χ3v) is 4.33. The van der Waals surface area contributed by atoms with Gasteiger partial charge in [0.25, 0.3) is 5.69 Å². The second-order valence-corrected chi connectivity index (χ2v) is 6.13. The number of hydrogen-bond acceptors (Lipinski definition) is 3. The zero-order valence-corrected chi connectivity index (χ0v) is 12.5. The second-order valence-electron chi connectivity index (χ2n) is 6.13. The van der Waals surface area contributed by atoms with E-state index in [0.29, 0.717) is 12.1 Å². The predicted molar refractivity (Wildman–Crippen MR) is 80.5 cm³/mol. The fourth-order valence-corrected chi connectivity index (χ4v) is 3.22. The summed E-state index contributed by atoms with van der Waals surface area (Å²) in [6, 6.07) is 3.61. The summed E-state index contributed by atoms with van der Waals surface area (Å²) < 4.78 is 13.2. The van der Waals surface area contributed by atoms with Gasteiger partial charge in [-0.1, -0.05) is 26.2 Å². The van der Waals surface area contributed by atoms with Crippen LogP contribution in [-0.2, 0) is 6.54 Å². The molecule has 0 radical (unpaired) electrons. The van der Waals surface area contributed by atoms with Crippen molar-refractivity contribution in [2.75, 3.05) is 6.54 Å². The standard InChI is InChI=1S/C16H23FN2O2/c1-12-3-2-4-13(9-12)7-8-18-11-14-10-15(17)5-6-16(14)19(20)21/h5-6,10,12-13,18H,2-4,7-9,11H2,1H3. The lowest BCUT2D eigenvalue weighted by Gasteiger charge is -2.26. The van der Waals surface area contributed by atoms with Gasteiger partial charge in [0.05, 0.1) is 4.92 Å². The van der Waals surface area contributed by atoms with Crippen molar-refractivity contribution in [2.45, 2.75) is 45.6 Å². The van der Waals surface area contributed by atoms with E-state index in [1.807, 2.05) is 0 Å². The molecule has 4 nitrogen and oxygen atoms in total. The molecular formula is C16H23FN2O2. The Morgan fingerprint density at radius 1 is 1.43 bits per heavy atom. The molecule has 1 N–H and O–H groups in total. The van der Waals surface area contributed by atoms with Crippen LogP contribution in [0.25, 0.3) is 0 Å². The van der Waals surface area contributed by atoms with Crippen molar-refractivity contribution in [1.29, 1.82) is 0 Å². The van der Waals surface area contributed by atoms with Gasteiger partial charge < -0.3 is 5.32 Å². The quantitative estimate of drug-likeness (QED) is 0.489. The molecule has 0 saturated heterocycles. The molecular weight excluding hydrogens is 271 g/mol. The first kappa shape index (κ1) is 15.9. The topological polar surface area (TPSA) is 55.2 Å². The summed E-state index contributed by atoms with van der Waals surface area (Å²) in [5.41, 5.74) is 0.396. The minimum absolute atomic E-state index is 0.0183. The van der Waals surface area contributed by atoms with Gasteiger partial charge in [-0.05, 0) is 43.4 Å². The van der Waals surface area contributed by atoms with Crippen LogP contribution in [0.5, 0.6) is 0 Å². The van der Waals surface area contributed by atoms with Gasteiger partial charge in [0, 0.05) is 18.2 Å². The van der Waals surface area contributed by atoms with Gasteiger partial charge in [-0.2, -0.15) is 0 Å². The Labute approximate surface area is 124 Å². The van der Waals surface area contributed by atoms with Gasteiger partial charge in [0.1, 0.15) is 5.82 Å². The number of benzene rings is 1. The lowest BCUT2D eigenvalue weighted by molar-refractivity contribution is -0.385. The van der Waals surface area contributed by atoms with Crippen LogP contribution >= 0.6 is 0 Å². The molecule has 1 fully saturated rings. The summed E-state index contributed by atoms with van der Waals surface area (Å²) in [6.45, 7) is 3.47. The Balaban J connectivity index is 1.80. The number of halogens is 1. The van der Waals surface area contributed by atoms with Gasteiger partial charge in [-0.15, -0.1) is 0 Å². The average Bonchev–Trinajstić information content (AvgIpc) is 2.43. The molecule has 1 aromatic carbocycles. The third kappa shape index (κ3) is 4.77. The van der Waals surface area contributed by atoms with Crippen LogP contribution in [0.2, 0.25) is 0 Å². The van der Waals surface area contributed by atoms with E-state index < -0.39 is 10.7 Å². The first-order valence-electron chi connectivity index (χ1n) is 7.70. The van der Waals surface area contributed by atoms with Crippen molar-refractivity contribution >= 4 is 5.69 Å². The zero-order valence-electron chi connectivity index (χ0n) is 12.5. The SMILES string of the molecule is CC1CCCC(CCNCc2cc(F)ccc2[N+](=O)[O-])C1. The first-order valence-corrected chi connectivity index (χ1v) is 7.70. The smallest absolute Gasteiger partial charge is 0.274 e. The molecule has 0 spiro atoms. The molecule has 0 heterocycles. The maximum Gasteiger partial charge on any atom is 0.274 e. The molecule has 116 valence electrons. The Morgan fingerprint density at radius 3 is 2.95 bits per heavy atom. The number of rotatable bonds is 6. The molecule has 2 unspecified atom stereocenters. The number of nitro benzene ring substituents is 1. The molecule has 0 amide bonds. The van der Waals surface area contributed by atoms with Gasteiger partial charge in [0.15, 0.2) is 0 Å². The summed E-state index contributed by atoms with van der Waals surface area (Å²) in [6.07, 6.45) is 6.29. The highest BCUT2D eigenvalue weighted by Gasteiger charge is 2.18. The summed E-state index contributed by atoms with van der Waals surface area (Å²) in [5.74, 6) is 1.13. The van der Waals surface area contributed by atoms with Crippen LogP contribution in [0.1, 0.15) is 44.6 Å². The molecule has 5 heteroatoms. The Hall–Kier alpha value is -1.49. The highest BCUT2D eigenvalue weighted by atomic mass is 19.1. The van der Waals surface area contributed by atoms with Gasteiger partial charge >= 0.3 is 0 Å². The van der Waals surface area contributed by atoms with Crippen LogP contribution in [0.4, 0.5) is 10.1 Å². The summed E-state index contributed by atoms with van der Waals surface area (Å²) >= 11 is 0. The minimum atomic E-state index is -0.459. The Morgan fingerprint density at radius 2 is 2.24 bits per heavy atom. The highest BCUT2D eigenvalue weighted by molar-refractivity contribution is 5.40. The summed E-state index contributed by atoms with van der Waals surface area (Å²) in [5, 5.41) is 14.1. The zero-order chi connectivity index (χ0) is 15.2. The van der Waals surface area contributed by atoms with E-state index >= 15 is 0 Å². The van der Waals surface area contributed by atoms with Crippen LogP contribution in [0.15, 0.2) is 18.2 Å². The van der Waals surface area contributed by atoms with E-state index in [1.165, 1.54) is 37.8 Å². The first-order chi connectivity index (χ1) is 10.1. The normalized spacial score (nSPS) is 22.2. The molecule has 2 atom stereocenters. The predicted octanol–water partition coefficient (Wildman–Crippen LogP) is 4.04. The van der Waals surface area contributed by atoms with Crippen LogP contribution in [-0.4, -0.2) is 11.5 Å². The molecule has 1 aliphatic carbocycles. The molecule has 0 aliphatic heterocycles. The van der Waals surface area contributed by atoms with E-state index in [-0.39, 0.29) is 5.69 Å². The third-order valence-electron chi connectivity index (χ3n) is 4.33. The van der Waals surface area contributed by atoms with Gasteiger partial charge in [0.2, 0.25) is 0 Å². The van der Waals surface area contributed by atoms with E-state index in [4.69, 9.17) is 0 Å². The summed E-state index contributed by atoms with van der Waals surface area (Å²) in [4.78, 5) is 10.4. The van der Waals surface area contributed by atoms with E-state index in [0.717, 1.165) is 30.9 Å². The number of nitrogens with zero attached hydrogens (tertiary/aromatic N) is 1. The average molecular weight is 294 g/mol. The largest absolute Gasteiger partial charge is 0.312 e. The summed E-state index contributed by atoms with van der Waals surface area (Å²) in [7, 11) is 0. The number of nitrogens with one attached hydrogen (secondary N) is 1. The lowest BCUT2D eigenvalue weighted by atomic mass is 9.81. The maximum absolute atomic E-state index is 13.2. The Bertz CT molecular complexity index is 493. The van der Waals surface area contributed by atoms with Gasteiger partial charge in [-0.3, -0.25) is 10.1 Å². The number of nitro groups is 1. The van der Waals surface area contributed by atoms with Crippen molar-refractivity contribution in [2.24, 2.45) is 11.8 Å². The van der Waals surface area contributed by atoms with Crippen molar-refractivity contribution in [3.8, 4) is 0 Å². The second kappa shape index (κ2) is 7.50. The van der Waals surface area contributed by atoms with Gasteiger partial charge in [-0.25, -0.2) is 4.39 Å². The lowest BCUT2D eigenvalue weighted by Crippen LogP contribution is -2.21. The van der Waals surface area contributed by atoms with E-state index in [1.54, 1.807) is 0 Å². The molecule has 21 heavy (non-hydrogen) atoms. The van der Waals surface area contributed by atoms with Crippen molar-refractivity contribution in [3.05, 3.63) is 39.7 Å². The van der Waals surface area contributed by atoms with E-state index in [2.05, 4.69) is 12.2 Å². The van der Waals surface area contributed by atoms with Crippen LogP contribution in [0, 0.1) is 27.8 Å². The van der Waals surface area contributed by atoms with Crippen molar-refractivity contribution in [3.63, 3.8) is 0 Å². The van der Waals surface area contributed by atoms with Crippen molar-refractivity contribution in [1.82, 2.24) is 5.32 Å². The molecule has 1 saturated carbocycles. The maximum atomic E-state index is 13.2. The van der Waals surface area contributed by atoms with Crippen molar-refractivity contribution < 1.29 is 9.31 Å². The van der Waals surface area contributed by atoms with Crippen LogP contribution < -0.4 is 5.32 Å².